The first kappa shape index (κ1) is 12.0. The lowest BCUT2D eigenvalue weighted by molar-refractivity contribution is 0.0339. The van der Waals surface area contributed by atoms with Crippen molar-refractivity contribution in [1.29, 1.82) is 0 Å². The minimum absolute atomic E-state index is 0.321. The van der Waals surface area contributed by atoms with Crippen LogP contribution in [0.5, 0.6) is 0 Å². The minimum atomic E-state index is -2.90. The molecule has 0 unspecified atom stereocenters. The molecule has 17 heavy (non-hydrogen) atoms. The molecular formula is C13H23NO2S. The van der Waals surface area contributed by atoms with Gasteiger partial charge in [0.2, 0.25) is 0 Å². The number of sulfone groups is 1. The second-order valence-electron chi connectivity index (χ2n) is 6.52. The van der Waals surface area contributed by atoms with Gasteiger partial charge in [-0.25, -0.2) is 8.42 Å². The number of hydrogen-bond acceptors (Lipinski definition) is 3. The van der Waals surface area contributed by atoms with Crippen molar-refractivity contribution < 1.29 is 8.42 Å². The van der Waals surface area contributed by atoms with Gasteiger partial charge in [-0.15, -0.1) is 0 Å². The van der Waals surface area contributed by atoms with E-state index < -0.39 is 9.84 Å². The summed E-state index contributed by atoms with van der Waals surface area (Å²) in [6.07, 6.45) is 6.81. The summed E-state index contributed by atoms with van der Waals surface area (Å²) in [5.41, 5.74) is 0. The lowest BCUT2D eigenvalue weighted by Crippen LogP contribution is -2.55. The highest BCUT2D eigenvalue weighted by Gasteiger charge is 2.56. The molecule has 0 amide bonds. The second-order valence-corrected chi connectivity index (χ2v) is 9.03. The van der Waals surface area contributed by atoms with Gasteiger partial charge in [-0.2, -0.15) is 0 Å². The molecule has 0 aromatic rings. The molecule has 0 radical (unpaired) electrons. The van der Waals surface area contributed by atoms with Crippen LogP contribution < -0.4 is 5.32 Å². The van der Waals surface area contributed by atoms with E-state index in [0.717, 1.165) is 19.3 Å². The molecule has 4 rings (SSSR count). The standard InChI is InChI=1S/C13H23NO2S/c1-14-2-3-17(15,16)13-7-10-4-11(8-13)6-12(5-10)9-13/h10-12,14H,2-9H2,1H3. The van der Waals surface area contributed by atoms with Crippen molar-refractivity contribution in [2.75, 3.05) is 19.3 Å². The first-order chi connectivity index (χ1) is 8.05. The molecule has 3 nitrogen and oxygen atoms in total. The van der Waals surface area contributed by atoms with Crippen LogP contribution in [0.15, 0.2) is 0 Å². The Labute approximate surface area is 104 Å². The maximum Gasteiger partial charge on any atom is 0.157 e. The van der Waals surface area contributed by atoms with Crippen LogP contribution in [0.2, 0.25) is 0 Å². The Morgan fingerprint density at radius 1 is 1.06 bits per heavy atom. The summed E-state index contributed by atoms with van der Waals surface area (Å²) in [7, 11) is -1.08. The van der Waals surface area contributed by atoms with Gasteiger partial charge in [-0.05, 0) is 63.3 Å². The lowest BCUT2D eigenvalue weighted by Gasteiger charge is -2.56. The third-order valence-corrected chi connectivity index (χ3v) is 7.82. The molecule has 4 fully saturated rings. The smallest absolute Gasteiger partial charge is 0.157 e. The van der Waals surface area contributed by atoms with Crippen LogP contribution in [0.4, 0.5) is 0 Å². The number of hydrogen-bond donors (Lipinski definition) is 1. The van der Waals surface area contributed by atoms with Crippen molar-refractivity contribution in [3.63, 3.8) is 0 Å². The summed E-state index contributed by atoms with van der Waals surface area (Å²) in [5, 5.41) is 2.98. The van der Waals surface area contributed by atoms with Gasteiger partial charge >= 0.3 is 0 Å². The Bertz CT molecular complexity index is 366. The summed E-state index contributed by atoms with van der Waals surface area (Å²) in [4.78, 5) is 0. The molecule has 0 aliphatic heterocycles. The molecule has 0 saturated heterocycles. The highest BCUT2D eigenvalue weighted by molar-refractivity contribution is 7.92. The molecule has 4 saturated carbocycles. The first-order valence-corrected chi connectivity index (χ1v) is 8.57. The van der Waals surface area contributed by atoms with Gasteiger partial charge in [-0.1, -0.05) is 0 Å². The van der Waals surface area contributed by atoms with E-state index in [1.54, 1.807) is 0 Å². The quantitative estimate of drug-likeness (QED) is 0.832. The van der Waals surface area contributed by atoms with Gasteiger partial charge in [0.15, 0.2) is 9.84 Å². The van der Waals surface area contributed by atoms with E-state index in [-0.39, 0.29) is 4.75 Å². The normalized spacial score (nSPS) is 44.2. The van der Waals surface area contributed by atoms with Crippen molar-refractivity contribution in [2.45, 2.75) is 43.3 Å². The van der Waals surface area contributed by atoms with Crippen LogP contribution in [-0.4, -0.2) is 32.5 Å². The fraction of sp³-hybridized carbons (Fsp3) is 1.00. The van der Waals surface area contributed by atoms with Crippen LogP contribution in [0, 0.1) is 17.8 Å². The predicted molar refractivity (Wildman–Crippen MR) is 68.6 cm³/mol. The van der Waals surface area contributed by atoms with Crippen LogP contribution in [0.1, 0.15) is 38.5 Å². The van der Waals surface area contributed by atoms with E-state index in [2.05, 4.69) is 5.32 Å². The second kappa shape index (κ2) is 3.95. The minimum Gasteiger partial charge on any atom is -0.319 e. The molecule has 0 heterocycles. The van der Waals surface area contributed by atoms with Crippen molar-refractivity contribution in [3.05, 3.63) is 0 Å². The fourth-order valence-electron chi connectivity index (χ4n) is 4.87. The molecule has 1 N–H and O–H groups in total. The Balaban J connectivity index is 1.86. The Hall–Kier alpha value is -0.0900. The Kier molecular flexibility index (Phi) is 2.78. The van der Waals surface area contributed by atoms with E-state index in [4.69, 9.17) is 0 Å². The Morgan fingerprint density at radius 3 is 1.94 bits per heavy atom. The largest absolute Gasteiger partial charge is 0.319 e. The summed E-state index contributed by atoms with van der Waals surface area (Å²) in [5.74, 6) is 2.47. The molecule has 4 aliphatic rings. The third-order valence-electron chi connectivity index (χ3n) is 5.26. The van der Waals surface area contributed by atoms with Crippen LogP contribution in [-0.2, 0) is 9.84 Å². The summed E-state index contributed by atoms with van der Waals surface area (Å²) in [6, 6.07) is 0. The number of nitrogens with one attached hydrogen (secondary N) is 1. The van der Waals surface area contributed by atoms with E-state index in [0.29, 0.717) is 30.1 Å². The molecule has 0 aromatic carbocycles. The van der Waals surface area contributed by atoms with Crippen molar-refractivity contribution in [3.8, 4) is 0 Å². The number of rotatable bonds is 4. The van der Waals surface area contributed by atoms with Gasteiger partial charge in [-0.3, -0.25) is 0 Å². The van der Waals surface area contributed by atoms with Crippen molar-refractivity contribution in [2.24, 2.45) is 17.8 Å². The molecule has 0 spiro atoms. The lowest BCUT2D eigenvalue weighted by atomic mass is 9.56. The van der Waals surface area contributed by atoms with Crippen molar-refractivity contribution in [1.82, 2.24) is 5.32 Å². The van der Waals surface area contributed by atoms with Crippen LogP contribution in [0.25, 0.3) is 0 Å². The average Bonchev–Trinajstić information content (AvgIpc) is 2.24. The van der Waals surface area contributed by atoms with Gasteiger partial charge in [0.1, 0.15) is 0 Å². The SMILES string of the molecule is CNCCS(=O)(=O)C12CC3CC(CC(C3)C1)C2. The molecular weight excluding hydrogens is 234 g/mol. The highest BCUT2D eigenvalue weighted by atomic mass is 32.2. The third kappa shape index (κ3) is 1.84. The fourth-order valence-corrected chi connectivity index (χ4v) is 7.24. The molecule has 98 valence electrons. The van der Waals surface area contributed by atoms with Gasteiger partial charge < -0.3 is 5.32 Å². The van der Waals surface area contributed by atoms with E-state index in [1.807, 2.05) is 7.05 Å². The van der Waals surface area contributed by atoms with Crippen LogP contribution in [0.3, 0.4) is 0 Å². The zero-order chi connectivity index (χ0) is 12.1. The molecule has 4 heteroatoms. The topological polar surface area (TPSA) is 46.2 Å². The zero-order valence-corrected chi connectivity index (χ0v) is 11.4. The molecule has 0 atom stereocenters. The summed E-state index contributed by atoms with van der Waals surface area (Å²) >= 11 is 0. The zero-order valence-electron chi connectivity index (χ0n) is 10.6. The van der Waals surface area contributed by atoms with Crippen LogP contribution >= 0.6 is 0 Å². The van der Waals surface area contributed by atoms with E-state index >= 15 is 0 Å². The Morgan fingerprint density at radius 2 is 1.53 bits per heavy atom. The first-order valence-electron chi connectivity index (χ1n) is 6.91. The average molecular weight is 257 g/mol. The van der Waals surface area contributed by atoms with Gasteiger partial charge in [0.05, 0.1) is 10.5 Å². The molecule has 4 aliphatic carbocycles. The summed E-state index contributed by atoms with van der Waals surface area (Å²) in [6.45, 7) is 0.601. The highest BCUT2D eigenvalue weighted by Crippen LogP contribution is 2.58. The van der Waals surface area contributed by atoms with Gasteiger partial charge in [0, 0.05) is 6.54 Å². The molecule has 0 aromatic heterocycles. The maximum atomic E-state index is 12.6. The van der Waals surface area contributed by atoms with E-state index in [9.17, 15) is 8.42 Å². The monoisotopic (exact) mass is 257 g/mol. The van der Waals surface area contributed by atoms with Crippen molar-refractivity contribution >= 4 is 9.84 Å². The predicted octanol–water partition coefficient (Wildman–Crippen LogP) is 1.59. The van der Waals surface area contributed by atoms with Gasteiger partial charge in [0.25, 0.3) is 0 Å². The summed E-state index contributed by atoms with van der Waals surface area (Å²) < 4.78 is 24.9. The van der Waals surface area contributed by atoms with E-state index in [1.165, 1.54) is 19.3 Å². The molecule has 4 bridgehead atoms. The maximum absolute atomic E-state index is 12.6.